The summed E-state index contributed by atoms with van der Waals surface area (Å²) in [7, 11) is 3.41. The minimum Gasteiger partial charge on any atom is -0.345 e. The smallest absolute Gasteiger partial charge is 0.253 e. The maximum absolute atomic E-state index is 11.5. The van der Waals surface area contributed by atoms with Gasteiger partial charge in [-0.25, -0.2) is 0 Å². The SMILES string of the molecule is CN(C)C(=O)c1cccc(CC=O)c1. The molecule has 0 spiro atoms. The normalized spacial score (nSPS) is 9.57. The molecule has 0 unspecified atom stereocenters. The van der Waals surface area contributed by atoms with Crippen molar-refractivity contribution in [1.82, 2.24) is 4.90 Å². The van der Waals surface area contributed by atoms with Crippen LogP contribution in [-0.2, 0) is 11.2 Å². The van der Waals surface area contributed by atoms with E-state index in [1.807, 2.05) is 6.07 Å². The molecule has 0 aliphatic heterocycles. The number of carbonyl (C=O) groups excluding carboxylic acids is 2. The summed E-state index contributed by atoms with van der Waals surface area (Å²) in [6, 6.07) is 7.11. The predicted octanol–water partition coefficient (Wildman–Crippen LogP) is 1.13. The van der Waals surface area contributed by atoms with Crippen LogP contribution in [0.15, 0.2) is 24.3 Å². The molecule has 0 fully saturated rings. The molecular formula is C11H13NO2. The van der Waals surface area contributed by atoms with Gasteiger partial charge in [0.15, 0.2) is 0 Å². The average Bonchev–Trinajstić information content (AvgIpc) is 2.17. The van der Waals surface area contributed by atoms with Gasteiger partial charge in [-0.15, -0.1) is 0 Å². The highest BCUT2D eigenvalue weighted by atomic mass is 16.2. The quantitative estimate of drug-likeness (QED) is 0.671. The fraction of sp³-hybridized carbons (Fsp3) is 0.273. The Balaban J connectivity index is 2.93. The highest BCUT2D eigenvalue weighted by Gasteiger charge is 2.07. The zero-order valence-electron chi connectivity index (χ0n) is 8.36. The topological polar surface area (TPSA) is 37.4 Å². The molecule has 3 nitrogen and oxygen atoms in total. The second-order valence-corrected chi connectivity index (χ2v) is 3.27. The molecule has 0 bridgehead atoms. The van der Waals surface area contributed by atoms with Crippen LogP contribution in [0, 0.1) is 0 Å². The number of aldehydes is 1. The van der Waals surface area contributed by atoms with Gasteiger partial charge >= 0.3 is 0 Å². The molecule has 0 aliphatic rings. The number of carbonyl (C=O) groups is 2. The van der Waals surface area contributed by atoms with Crippen molar-refractivity contribution in [2.24, 2.45) is 0 Å². The molecule has 74 valence electrons. The van der Waals surface area contributed by atoms with Crippen LogP contribution >= 0.6 is 0 Å². The summed E-state index contributed by atoms with van der Waals surface area (Å²) in [5.74, 6) is -0.0438. The molecular weight excluding hydrogens is 178 g/mol. The third-order valence-electron chi connectivity index (χ3n) is 1.90. The number of benzene rings is 1. The third-order valence-corrected chi connectivity index (χ3v) is 1.90. The van der Waals surface area contributed by atoms with E-state index in [1.54, 1.807) is 32.3 Å². The Morgan fingerprint density at radius 2 is 2.14 bits per heavy atom. The lowest BCUT2D eigenvalue weighted by Crippen LogP contribution is -2.21. The van der Waals surface area contributed by atoms with Gasteiger partial charge in [-0.3, -0.25) is 4.79 Å². The molecule has 1 aromatic carbocycles. The highest BCUT2D eigenvalue weighted by molar-refractivity contribution is 5.94. The fourth-order valence-electron chi connectivity index (χ4n) is 1.19. The van der Waals surface area contributed by atoms with Crippen molar-refractivity contribution in [3.8, 4) is 0 Å². The Bertz CT molecular complexity index is 345. The molecule has 0 heterocycles. The van der Waals surface area contributed by atoms with E-state index in [4.69, 9.17) is 0 Å². The van der Waals surface area contributed by atoms with E-state index >= 15 is 0 Å². The first-order chi connectivity index (χ1) is 6.65. The summed E-state index contributed by atoms with van der Waals surface area (Å²) >= 11 is 0. The Hall–Kier alpha value is -1.64. The lowest BCUT2D eigenvalue weighted by atomic mass is 10.1. The largest absolute Gasteiger partial charge is 0.345 e. The molecule has 3 heteroatoms. The Morgan fingerprint density at radius 3 is 2.71 bits per heavy atom. The van der Waals surface area contributed by atoms with Crippen molar-refractivity contribution < 1.29 is 9.59 Å². The molecule has 1 aromatic rings. The molecule has 0 aliphatic carbocycles. The average molecular weight is 191 g/mol. The number of nitrogens with zero attached hydrogens (tertiary/aromatic N) is 1. The summed E-state index contributed by atoms with van der Waals surface area (Å²) in [4.78, 5) is 23.3. The molecule has 14 heavy (non-hydrogen) atoms. The summed E-state index contributed by atoms with van der Waals surface area (Å²) in [5, 5.41) is 0. The highest BCUT2D eigenvalue weighted by Crippen LogP contribution is 2.07. The van der Waals surface area contributed by atoms with Crippen LogP contribution in [0.2, 0.25) is 0 Å². The number of hydrogen-bond donors (Lipinski definition) is 0. The van der Waals surface area contributed by atoms with E-state index in [2.05, 4.69) is 0 Å². The lowest BCUT2D eigenvalue weighted by molar-refractivity contribution is -0.107. The van der Waals surface area contributed by atoms with Crippen LogP contribution < -0.4 is 0 Å². The van der Waals surface area contributed by atoms with Gasteiger partial charge in [0.2, 0.25) is 0 Å². The molecule has 0 saturated heterocycles. The van der Waals surface area contributed by atoms with Gasteiger partial charge < -0.3 is 9.69 Å². The maximum atomic E-state index is 11.5. The molecule has 0 radical (unpaired) electrons. The first-order valence-electron chi connectivity index (χ1n) is 4.39. The van der Waals surface area contributed by atoms with Gasteiger partial charge in [0, 0.05) is 26.1 Å². The van der Waals surface area contributed by atoms with Gasteiger partial charge in [-0.1, -0.05) is 12.1 Å². The van der Waals surface area contributed by atoms with E-state index in [0.717, 1.165) is 11.8 Å². The van der Waals surface area contributed by atoms with Crippen LogP contribution in [0.1, 0.15) is 15.9 Å². The molecule has 0 saturated carbocycles. The van der Waals surface area contributed by atoms with Crippen molar-refractivity contribution >= 4 is 12.2 Å². The Labute approximate surface area is 83.3 Å². The minimum atomic E-state index is -0.0438. The van der Waals surface area contributed by atoms with Crippen molar-refractivity contribution in [2.45, 2.75) is 6.42 Å². The van der Waals surface area contributed by atoms with Crippen LogP contribution in [0.4, 0.5) is 0 Å². The van der Waals surface area contributed by atoms with E-state index < -0.39 is 0 Å². The summed E-state index contributed by atoms with van der Waals surface area (Å²) < 4.78 is 0. The monoisotopic (exact) mass is 191 g/mol. The molecule has 0 atom stereocenters. The van der Waals surface area contributed by atoms with Gasteiger partial charge in [0.25, 0.3) is 5.91 Å². The maximum Gasteiger partial charge on any atom is 0.253 e. The molecule has 0 N–H and O–H groups in total. The van der Waals surface area contributed by atoms with E-state index in [-0.39, 0.29) is 5.91 Å². The van der Waals surface area contributed by atoms with Gasteiger partial charge in [-0.05, 0) is 17.7 Å². The van der Waals surface area contributed by atoms with Gasteiger partial charge in [0.05, 0.1) is 0 Å². The van der Waals surface area contributed by atoms with E-state index in [0.29, 0.717) is 12.0 Å². The predicted molar refractivity (Wildman–Crippen MR) is 54.2 cm³/mol. The van der Waals surface area contributed by atoms with Crippen molar-refractivity contribution in [3.05, 3.63) is 35.4 Å². The minimum absolute atomic E-state index is 0.0438. The number of rotatable bonds is 3. The zero-order valence-corrected chi connectivity index (χ0v) is 8.36. The Kier molecular flexibility index (Phi) is 3.40. The van der Waals surface area contributed by atoms with Crippen molar-refractivity contribution in [2.75, 3.05) is 14.1 Å². The second kappa shape index (κ2) is 4.56. The van der Waals surface area contributed by atoms with E-state index in [9.17, 15) is 9.59 Å². The summed E-state index contributed by atoms with van der Waals surface area (Å²) in [6.45, 7) is 0. The summed E-state index contributed by atoms with van der Waals surface area (Å²) in [5.41, 5.74) is 1.49. The fourth-order valence-corrected chi connectivity index (χ4v) is 1.19. The van der Waals surface area contributed by atoms with Crippen LogP contribution in [0.5, 0.6) is 0 Å². The zero-order chi connectivity index (χ0) is 10.6. The van der Waals surface area contributed by atoms with Gasteiger partial charge in [-0.2, -0.15) is 0 Å². The lowest BCUT2D eigenvalue weighted by Gasteiger charge is -2.10. The molecule has 1 rings (SSSR count). The van der Waals surface area contributed by atoms with Crippen LogP contribution in [-0.4, -0.2) is 31.2 Å². The number of hydrogen-bond acceptors (Lipinski definition) is 2. The van der Waals surface area contributed by atoms with Crippen LogP contribution in [0.3, 0.4) is 0 Å². The Morgan fingerprint density at radius 1 is 1.43 bits per heavy atom. The third kappa shape index (κ3) is 2.42. The van der Waals surface area contributed by atoms with Crippen molar-refractivity contribution in [1.29, 1.82) is 0 Å². The standard InChI is InChI=1S/C11H13NO2/c1-12(2)11(14)10-5-3-4-9(8-10)6-7-13/h3-5,7-8H,6H2,1-2H3. The molecule has 0 aromatic heterocycles. The summed E-state index contributed by atoms with van der Waals surface area (Å²) in [6.07, 6.45) is 1.19. The van der Waals surface area contributed by atoms with Crippen LogP contribution in [0.25, 0.3) is 0 Å². The molecule has 1 amide bonds. The van der Waals surface area contributed by atoms with Gasteiger partial charge in [0.1, 0.15) is 6.29 Å². The first kappa shape index (κ1) is 10.4. The van der Waals surface area contributed by atoms with Crippen molar-refractivity contribution in [3.63, 3.8) is 0 Å². The first-order valence-corrected chi connectivity index (χ1v) is 4.39. The second-order valence-electron chi connectivity index (χ2n) is 3.27. The van der Waals surface area contributed by atoms with E-state index in [1.165, 1.54) is 4.90 Å². The number of amides is 1.